The Morgan fingerprint density at radius 2 is 2.15 bits per heavy atom. The molecule has 1 saturated heterocycles. The van der Waals surface area contributed by atoms with Crippen LogP contribution < -0.4 is 5.32 Å². The molecule has 1 heterocycles. The fraction of sp³-hybridized carbons (Fsp3) is 0.889. The lowest BCUT2D eigenvalue weighted by Gasteiger charge is -2.25. The molecule has 0 radical (unpaired) electrons. The fourth-order valence-corrected chi connectivity index (χ4v) is 1.89. The molecule has 0 bridgehead atoms. The smallest absolute Gasteiger partial charge is 0.278 e. The summed E-state index contributed by atoms with van der Waals surface area (Å²) in [5.41, 5.74) is 0. The van der Waals surface area contributed by atoms with E-state index >= 15 is 0 Å². The van der Waals surface area contributed by atoms with E-state index < -0.39 is 5.87 Å². The molecule has 0 spiro atoms. The van der Waals surface area contributed by atoms with Gasteiger partial charge in [0, 0.05) is 6.04 Å². The van der Waals surface area contributed by atoms with Crippen LogP contribution in [-0.4, -0.2) is 30.3 Å². The molecule has 0 aromatic heterocycles. The highest BCUT2D eigenvalue weighted by Crippen LogP contribution is 2.19. The molecule has 0 saturated carbocycles. The second kappa shape index (κ2) is 5.27. The van der Waals surface area contributed by atoms with Crippen LogP contribution in [0.5, 0.6) is 0 Å². The van der Waals surface area contributed by atoms with Gasteiger partial charge in [-0.2, -0.15) is 0 Å². The molecule has 0 aromatic rings. The molecule has 13 heavy (non-hydrogen) atoms. The number of hydrogen-bond donors (Lipinski definition) is 2. The predicted molar refractivity (Wildman–Crippen MR) is 54.7 cm³/mol. The normalized spacial score (nSPS) is 19.0. The SMILES string of the molecule is CCCNC1CCB(C(=O)O)CC1. The number of carboxylic acid groups (broad SMARTS) is 1. The van der Waals surface area contributed by atoms with E-state index in [1.807, 2.05) is 0 Å². The first-order valence-corrected chi connectivity index (χ1v) is 5.20. The van der Waals surface area contributed by atoms with Crippen molar-refractivity contribution in [3.05, 3.63) is 0 Å². The lowest BCUT2D eigenvalue weighted by atomic mass is 9.41. The van der Waals surface area contributed by atoms with Gasteiger partial charge < -0.3 is 10.4 Å². The molecule has 1 rings (SSSR count). The highest BCUT2D eigenvalue weighted by Gasteiger charge is 2.29. The highest BCUT2D eigenvalue weighted by atomic mass is 16.4. The van der Waals surface area contributed by atoms with E-state index in [0.29, 0.717) is 6.04 Å². The summed E-state index contributed by atoms with van der Waals surface area (Å²) in [5, 5.41) is 12.2. The molecule has 0 aliphatic carbocycles. The summed E-state index contributed by atoms with van der Waals surface area (Å²) in [6, 6.07) is 0.565. The van der Waals surface area contributed by atoms with Crippen LogP contribution in [0.3, 0.4) is 0 Å². The van der Waals surface area contributed by atoms with Gasteiger partial charge in [0.05, 0.1) is 0 Å². The average molecular weight is 183 g/mol. The molecule has 0 unspecified atom stereocenters. The van der Waals surface area contributed by atoms with E-state index in [1.165, 1.54) is 0 Å². The van der Waals surface area contributed by atoms with Gasteiger partial charge in [-0.25, -0.2) is 0 Å². The fourth-order valence-electron chi connectivity index (χ4n) is 1.89. The summed E-state index contributed by atoms with van der Waals surface area (Å²) in [6.45, 7) is 3.12. The largest absolute Gasteiger partial charge is 0.489 e. The molecular formula is C9H18BNO2. The minimum absolute atomic E-state index is 0.0836. The van der Waals surface area contributed by atoms with Gasteiger partial charge in [-0.3, -0.25) is 4.79 Å². The van der Waals surface area contributed by atoms with Crippen LogP contribution in [0.15, 0.2) is 0 Å². The number of hydrogen-bond acceptors (Lipinski definition) is 2. The van der Waals surface area contributed by atoms with E-state index in [1.54, 1.807) is 0 Å². The summed E-state index contributed by atoms with van der Waals surface area (Å²) < 4.78 is 0. The van der Waals surface area contributed by atoms with Crippen molar-refractivity contribution in [2.45, 2.75) is 44.9 Å². The van der Waals surface area contributed by atoms with E-state index in [4.69, 9.17) is 5.11 Å². The van der Waals surface area contributed by atoms with Crippen molar-refractivity contribution in [1.82, 2.24) is 5.32 Å². The molecule has 2 N–H and O–H groups in total. The monoisotopic (exact) mass is 183 g/mol. The summed E-state index contributed by atoms with van der Waals surface area (Å²) in [7, 11) is 0. The van der Waals surface area contributed by atoms with Crippen LogP contribution in [0.25, 0.3) is 0 Å². The molecule has 3 nitrogen and oxygen atoms in total. The Balaban J connectivity index is 2.18. The van der Waals surface area contributed by atoms with Crippen LogP contribution in [-0.2, 0) is 0 Å². The molecule has 0 atom stereocenters. The van der Waals surface area contributed by atoms with Crippen LogP contribution in [0.2, 0.25) is 12.6 Å². The third kappa shape index (κ3) is 3.39. The van der Waals surface area contributed by atoms with Gasteiger partial charge in [-0.1, -0.05) is 19.6 Å². The van der Waals surface area contributed by atoms with Crippen molar-refractivity contribution in [2.75, 3.05) is 6.54 Å². The van der Waals surface area contributed by atoms with Crippen molar-refractivity contribution in [3.63, 3.8) is 0 Å². The van der Waals surface area contributed by atoms with Gasteiger partial charge >= 0.3 is 0 Å². The van der Waals surface area contributed by atoms with Gasteiger partial charge in [0.25, 0.3) is 6.71 Å². The lowest BCUT2D eigenvalue weighted by molar-refractivity contribution is 0.218. The van der Waals surface area contributed by atoms with Crippen molar-refractivity contribution >= 4 is 12.6 Å². The topological polar surface area (TPSA) is 49.3 Å². The van der Waals surface area contributed by atoms with E-state index in [2.05, 4.69) is 12.2 Å². The highest BCUT2D eigenvalue weighted by molar-refractivity contribution is 6.88. The van der Waals surface area contributed by atoms with E-state index in [9.17, 15) is 4.79 Å². The molecule has 74 valence electrons. The Morgan fingerprint density at radius 1 is 1.54 bits per heavy atom. The predicted octanol–water partition coefficient (Wildman–Crippen LogP) is 1.90. The zero-order valence-electron chi connectivity index (χ0n) is 8.25. The Kier molecular flexibility index (Phi) is 4.29. The number of carbonyl (C=O) groups is 1. The first-order chi connectivity index (χ1) is 6.24. The van der Waals surface area contributed by atoms with Crippen LogP contribution in [0.1, 0.15) is 26.2 Å². The number of rotatable bonds is 4. The van der Waals surface area contributed by atoms with Gasteiger partial charge in [0.1, 0.15) is 0 Å². The molecule has 1 fully saturated rings. The van der Waals surface area contributed by atoms with Gasteiger partial charge in [-0.05, 0) is 25.8 Å². The van der Waals surface area contributed by atoms with Gasteiger partial charge in [0.15, 0.2) is 0 Å². The Morgan fingerprint density at radius 3 is 2.62 bits per heavy atom. The molecule has 0 amide bonds. The van der Waals surface area contributed by atoms with E-state index in [0.717, 1.165) is 38.4 Å². The van der Waals surface area contributed by atoms with Crippen molar-refractivity contribution in [2.24, 2.45) is 0 Å². The molecule has 1 aliphatic rings. The summed E-state index contributed by atoms with van der Waals surface area (Å²) in [6.07, 6.45) is 4.89. The van der Waals surface area contributed by atoms with Gasteiger partial charge in [-0.15, -0.1) is 0 Å². The third-order valence-electron chi connectivity index (χ3n) is 2.76. The molecular weight excluding hydrogens is 165 g/mol. The van der Waals surface area contributed by atoms with Gasteiger partial charge in [0.2, 0.25) is 5.87 Å². The Hall–Kier alpha value is -0.505. The zero-order valence-corrected chi connectivity index (χ0v) is 8.25. The summed E-state index contributed by atoms with van der Waals surface area (Å²) in [5.74, 6) is -0.617. The van der Waals surface area contributed by atoms with Crippen molar-refractivity contribution in [1.29, 1.82) is 0 Å². The second-order valence-electron chi connectivity index (χ2n) is 3.84. The zero-order chi connectivity index (χ0) is 9.68. The Labute approximate surface area is 80.0 Å². The minimum Gasteiger partial charge on any atom is -0.489 e. The third-order valence-corrected chi connectivity index (χ3v) is 2.76. The maximum absolute atomic E-state index is 10.7. The summed E-state index contributed by atoms with van der Waals surface area (Å²) >= 11 is 0. The van der Waals surface area contributed by atoms with Crippen LogP contribution in [0, 0.1) is 0 Å². The Bertz CT molecular complexity index is 167. The standard InChI is InChI=1S/C9H18BNO2/c1-2-7-11-8-3-5-10(6-4-8)9(12)13/h8,11H,2-7H2,1H3,(H,12,13). The maximum atomic E-state index is 10.7. The second-order valence-corrected chi connectivity index (χ2v) is 3.84. The first-order valence-electron chi connectivity index (χ1n) is 5.20. The quantitative estimate of drug-likeness (QED) is 0.654. The maximum Gasteiger partial charge on any atom is 0.278 e. The van der Waals surface area contributed by atoms with E-state index in [-0.39, 0.29) is 6.71 Å². The average Bonchev–Trinajstić information content (AvgIpc) is 2.15. The summed E-state index contributed by atoms with van der Waals surface area (Å²) in [4.78, 5) is 10.7. The van der Waals surface area contributed by atoms with Crippen molar-refractivity contribution in [3.8, 4) is 0 Å². The van der Waals surface area contributed by atoms with Crippen molar-refractivity contribution < 1.29 is 9.90 Å². The first kappa shape index (κ1) is 10.6. The lowest BCUT2D eigenvalue weighted by Crippen LogP contribution is -2.38. The van der Waals surface area contributed by atoms with Crippen LogP contribution in [0.4, 0.5) is 4.79 Å². The number of nitrogens with one attached hydrogen (secondary N) is 1. The minimum atomic E-state index is -0.617. The molecule has 4 heteroatoms. The molecule has 0 aromatic carbocycles. The van der Waals surface area contributed by atoms with Crippen LogP contribution >= 0.6 is 0 Å². The molecule has 1 aliphatic heterocycles.